The largest absolute Gasteiger partial charge is 0.497 e. The average Bonchev–Trinajstić information content (AvgIpc) is 2.85. The molecule has 2 rings (SSSR count). The van der Waals surface area contributed by atoms with E-state index in [0.717, 1.165) is 10.3 Å². The van der Waals surface area contributed by atoms with Gasteiger partial charge in [-0.3, -0.25) is 4.79 Å². The maximum Gasteiger partial charge on any atom is 0.252 e. The number of aryl methyl sites for hydroxylation is 1. The zero-order chi connectivity index (χ0) is 14.5. The molecule has 0 spiro atoms. The summed E-state index contributed by atoms with van der Waals surface area (Å²) in [6.07, 6.45) is 4.32. The van der Waals surface area contributed by atoms with Crippen LogP contribution in [0.25, 0.3) is 0 Å². The van der Waals surface area contributed by atoms with Crippen molar-refractivity contribution in [2.45, 2.75) is 6.42 Å². The Morgan fingerprint density at radius 3 is 2.95 bits per heavy atom. The van der Waals surface area contributed by atoms with E-state index in [9.17, 15) is 4.79 Å². The van der Waals surface area contributed by atoms with Crippen molar-refractivity contribution >= 4 is 21.8 Å². The standard InChI is InChI=1S/C14H16BrN3O2/c1-18-8-7-16-13(18)5-6-17-14(19)11-9-10(20-2)3-4-12(11)15/h3-4,7-9H,5-6H2,1-2H3,(H,17,19). The lowest BCUT2D eigenvalue weighted by atomic mass is 10.2. The van der Waals surface area contributed by atoms with Gasteiger partial charge >= 0.3 is 0 Å². The van der Waals surface area contributed by atoms with Crippen LogP contribution in [0, 0.1) is 0 Å². The van der Waals surface area contributed by atoms with Crippen LogP contribution in [0.15, 0.2) is 35.1 Å². The Bertz CT molecular complexity index is 610. The number of methoxy groups -OCH3 is 1. The third-order valence-corrected chi connectivity index (χ3v) is 3.66. The molecular weight excluding hydrogens is 322 g/mol. The van der Waals surface area contributed by atoms with Gasteiger partial charge in [0.15, 0.2) is 0 Å². The quantitative estimate of drug-likeness (QED) is 0.909. The number of carbonyl (C=O) groups excluding carboxylic acids is 1. The van der Waals surface area contributed by atoms with E-state index in [4.69, 9.17) is 4.74 Å². The van der Waals surface area contributed by atoms with E-state index in [1.807, 2.05) is 17.8 Å². The summed E-state index contributed by atoms with van der Waals surface area (Å²) < 4.78 is 7.81. The van der Waals surface area contributed by atoms with Crippen molar-refractivity contribution in [2.75, 3.05) is 13.7 Å². The lowest BCUT2D eigenvalue weighted by molar-refractivity contribution is 0.0953. The van der Waals surface area contributed by atoms with Gasteiger partial charge in [-0.1, -0.05) is 0 Å². The van der Waals surface area contributed by atoms with Gasteiger partial charge in [0.1, 0.15) is 11.6 Å². The Balaban J connectivity index is 1.96. The molecule has 6 heteroatoms. The molecule has 106 valence electrons. The summed E-state index contributed by atoms with van der Waals surface area (Å²) in [4.78, 5) is 16.3. The third-order valence-electron chi connectivity index (χ3n) is 2.97. The topological polar surface area (TPSA) is 56.1 Å². The summed E-state index contributed by atoms with van der Waals surface area (Å²) in [7, 11) is 3.51. The van der Waals surface area contributed by atoms with Gasteiger partial charge in [0, 0.05) is 36.9 Å². The van der Waals surface area contributed by atoms with E-state index in [1.165, 1.54) is 0 Å². The summed E-state index contributed by atoms with van der Waals surface area (Å²) in [5.41, 5.74) is 0.559. The molecule has 0 radical (unpaired) electrons. The molecule has 0 atom stereocenters. The number of carbonyl (C=O) groups is 1. The Morgan fingerprint density at radius 1 is 1.50 bits per heavy atom. The van der Waals surface area contributed by atoms with Crippen LogP contribution < -0.4 is 10.1 Å². The van der Waals surface area contributed by atoms with E-state index in [-0.39, 0.29) is 5.91 Å². The fourth-order valence-electron chi connectivity index (χ4n) is 1.83. The highest BCUT2D eigenvalue weighted by Crippen LogP contribution is 2.22. The van der Waals surface area contributed by atoms with E-state index >= 15 is 0 Å². The Morgan fingerprint density at radius 2 is 2.30 bits per heavy atom. The van der Waals surface area contributed by atoms with Gasteiger partial charge in [0.25, 0.3) is 5.91 Å². The summed E-state index contributed by atoms with van der Waals surface area (Å²) >= 11 is 3.37. The zero-order valence-corrected chi connectivity index (χ0v) is 13.0. The maximum atomic E-state index is 12.1. The number of imidazole rings is 1. The smallest absolute Gasteiger partial charge is 0.252 e. The number of aromatic nitrogens is 2. The second-order valence-electron chi connectivity index (χ2n) is 4.31. The predicted octanol–water partition coefficient (Wildman–Crippen LogP) is 2.16. The fraction of sp³-hybridized carbons (Fsp3) is 0.286. The van der Waals surface area contributed by atoms with Crippen LogP contribution in [0.1, 0.15) is 16.2 Å². The van der Waals surface area contributed by atoms with Crippen molar-refractivity contribution in [1.82, 2.24) is 14.9 Å². The van der Waals surface area contributed by atoms with Crippen molar-refractivity contribution in [1.29, 1.82) is 0 Å². The van der Waals surface area contributed by atoms with Crippen molar-refractivity contribution < 1.29 is 9.53 Å². The molecule has 0 aliphatic rings. The zero-order valence-electron chi connectivity index (χ0n) is 11.4. The van der Waals surface area contributed by atoms with Crippen molar-refractivity contribution in [3.8, 4) is 5.75 Å². The first-order chi connectivity index (χ1) is 9.61. The van der Waals surface area contributed by atoms with E-state index in [1.54, 1.807) is 31.5 Å². The minimum absolute atomic E-state index is 0.134. The van der Waals surface area contributed by atoms with Gasteiger partial charge in [-0.05, 0) is 34.1 Å². The first-order valence-corrected chi connectivity index (χ1v) is 6.99. The van der Waals surface area contributed by atoms with Crippen LogP contribution in [-0.2, 0) is 13.5 Å². The van der Waals surface area contributed by atoms with Gasteiger partial charge in [0.05, 0.1) is 12.7 Å². The van der Waals surface area contributed by atoms with Gasteiger partial charge in [-0.2, -0.15) is 0 Å². The van der Waals surface area contributed by atoms with Crippen molar-refractivity contribution in [2.24, 2.45) is 7.05 Å². The molecule has 1 heterocycles. The molecular formula is C14H16BrN3O2. The van der Waals surface area contributed by atoms with Crippen LogP contribution in [-0.4, -0.2) is 29.1 Å². The summed E-state index contributed by atoms with van der Waals surface area (Å²) in [6, 6.07) is 5.31. The van der Waals surface area contributed by atoms with Gasteiger partial charge in [-0.15, -0.1) is 0 Å². The van der Waals surface area contributed by atoms with Crippen LogP contribution >= 0.6 is 15.9 Å². The molecule has 0 unspecified atom stereocenters. The SMILES string of the molecule is COc1ccc(Br)c(C(=O)NCCc2nccn2C)c1. The summed E-state index contributed by atoms with van der Waals surface area (Å²) in [6.45, 7) is 0.535. The van der Waals surface area contributed by atoms with Crippen LogP contribution in [0.2, 0.25) is 0 Å². The third kappa shape index (κ3) is 3.39. The molecule has 1 aromatic heterocycles. The van der Waals surface area contributed by atoms with E-state index < -0.39 is 0 Å². The number of halogens is 1. The molecule has 0 aliphatic heterocycles. The number of hydrogen-bond donors (Lipinski definition) is 1. The van der Waals surface area contributed by atoms with E-state index in [2.05, 4.69) is 26.2 Å². The average molecular weight is 338 g/mol. The molecule has 20 heavy (non-hydrogen) atoms. The molecule has 5 nitrogen and oxygen atoms in total. The molecule has 0 saturated heterocycles. The van der Waals surface area contributed by atoms with Gasteiger partial charge < -0.3 is 14.6 Å². The van der Waals surface area contributed by atoms with Crippen LogP contribution in [0.3, 0.4) is 0 Å². The molecule has 1 aromatic carbocycles. The highest BCUT2D eigenvalue weighted by Gasteiger charge is 2.11. The number of rotatable bonds is 5. The Hall–Kier alpha value is -1.82. The molecule has 1 N–H and O–H groups in total. The number of nitrogens with one attached hydrogen (secondary N) is 1. The number of hydrogen-bond acceptors (Lipinski definition) is 3. The van der Waals surface area contributed by atoms with Gasteiger partial charge in [-0.25, -0.2) is 4.98 Å². The number of ether oxygens (including phenoxy) is 1. The van der Waals surface area contributed by atoms with Gasteiger partial charge in [0.2, 0.25) is 0 Å². The predicted molar refractivity (Wildman–Crippen MR) is 79.9 cm³/mol. The first-order valence-electron chi connectivity index (χ1n) is 6.19. The highest BCUT2D eigenvalue weighted by atomic mass is 79.9. The summed E-state index contributed by atoms with van der Waals surface area (Å²) in [5.74, 6) is 1.46. The fourth-order valence-corrected chi connectivity index (χ4v) is 2.25. The Kier molecular flexibility index (Phi) is 4.79. The van der Waals surface area contributed by atoms with Crippen LogP contribution in [0.4, 0.5) is 0 Å². The lowest BCUT2D eigenvalue weighted by Gasteiger charge is -2.08. The second-order valence-corrected chi connectivity index (χ2v) is 5.16. The lowest BCUT2D eigenvalue weighted by Crippen LogP contribution is -2.26. The molecule has 2 aromatic rings. The second kappa shape index (κ2) is 6.56. The normalized spacial score (nSPS) is 10.3. The monoisotopic (exact) mass is 337 g/mol. The highest BCUT2D eigenvalue weighted by molar-refractivity contribution is 9.10. The summed E-state index contributed by atoms with van der Waals surface area (Å²) in [5, 5.41) is 2.88. The van der Waals surface area contributed by atoms with Crippen molar-refractivity contribution in [3.63, 3.8) is 0 Å². The molecule has 0 fully saturated rings. The number of benzene rings is 1. The van der Waals surface area contributed by atoms with E-state index in [0.29, 0.717) is 24.3 Å². The first kappa shape index (κ1) is 14.6. The molecule has 1 amide bonds. The molecule has 0 saturated carbocycles. The minimum atomic E-state index is -0.134. The van der Waals surface area contributed by atoms with Crippen LogP contribution in [0.5, 0.6) is 5.75 Å². The van der Waals surface area contributed by atoms with Crippen molar-refractivity contribution in [3.05, 3.63) is 46.5 Å². The molecule has 0 bridgehead atoms. The minimum Gasteiger partial charge on any atom is -0.497 e. The maximum absolute atomic E-state index is 12.1. The molecule has 0 aliphatic carbocycles. The Labute approximate surface area is 126 Å². The number of amides is 1. The number of nitrogens with zero attached hydrogens (tertiary/aromatic N) is 2.